The lowest BCUT2D eigenvalue weighted by Crippen LogP contribution is -1.93. The van der Waals surface area contributed by atoms with Crippen molar-refractivity contribution in [2.45, 2.75) is 0 Å². The van der Waals surface area contributed by atoms with Crippen molar-refractivity contribution in [3.05, 3.63) is 54.4 Å². The van der Waals surface area contributed by atoms with Gasteiger partial charge in [0, 0.05) is 6.20 Å². The van der Waals surface area contributed by atoms with Crippen LogP contribution in [0.3, 0.4) is 0 Å². The van der Waals surface area contributed by atoms with Crippen LogP contribution in [0.5, 0.6) is 17.5 Å². The molecule has 0 aliphatic carbocycles. The van der Waals surface area contributed by atoms with Gasteiger partial charge in [0.2, 0.25) is 0 Å². The van der Waals surface area contributed by atoms with Gasteiger partial charge in [0.25, 0.3) is 0 Å². The van der Waals surface area contributed by atoms with Gasteiger partial charge >= 0.3 is 6.01 Å². The lowest BCUT2D eigenvalue weighted by atomic mass is 10.1. The summed E-state index contributed by atoms with van der Waals surface area (Å²) in [7, 11) is 0. The Kier molecular flexibility index (Phi) is 2.90. The quantitative estimate of drug-likeness (QED) is 0.768. The first kappa shape index (κ1) is 11.9. The van der Waals surface area contributed by atoms with Crippen LogP contribution in [-0.4, -0.2) is 15.1 Å². The smallest absolute Gasteiger partial charge is 0.323 e. The van der Waals surface area contributed by atoms with Gasteiger partial charge in [0.05, 0.1) is 0 Å². The standard InChI is InChI=1S/C15H9N3O2/c16-9-12-5-6-17-15(18-12)20-14-4-2-10-1-3-13(19)7-11(10)8-14/h1-8,19H. The molecule has 3 aromatic rings. The van der Waals surface area contributed by atoms with Crippen molar-refractivity contribution in [1.29, 1.82) is 5.26 Å². The van der Waals surface area contributed by atoms with E-state index in [4.69, 9.17) is 10.00 Å². The molecule has 2 aromatic carbocycles. The molecule has 0 aliphatic rings. The average molecular weight is 263 g/mol. The molecule has 0 unspecified atom stereocenters. The number of nitriles is 1. The number of fused-ring (bicyclic) bond motifs is 1. The van der Waals surface area contributed by atoms with Crippen LogP contribution < -0.4 is 4.74 Å². The molecule has 0 fully saturated rings. The van der Waals surface area contributed by atoms with Gasteiger partial charge in [0.15, 0.2) is 0 Å². The number of nitrogens with zero attached hydrogens (tertiary/aromatic N) is 3. The van der Waals surface area contributed by atoms with Gasteiger partial charge in [-0.2, -0.15) is 10.2 Å². The first-order chi connectivity index (χ1) is 9.74. The molecule has 0 radical (unpaired) electrons. The molecule has 1 heterocycles. The van der Waals surface area contributed by atoms with Crippen LogP contribution in [0, 0.1) is 11.3 Å². The van der Waals surface area contributed by atoms with Gasteiger partial charge in [-0.05, 0) is 41.1 Å². The van der Waals surface area contributed by atoms with E-state index in [2.05, 4.69) is 9.97 Å². The van der Waals surface area contributed by atoms with Crippen LogP contribution in [0.2, 0.25) is 0 Å². The Labute approximate surface area is 114 Å². The maximum absolute atomic E-state index is 9.48. The molecule has 0 amide bonds. The molecular formula is C15H9N3O2. The molecule has 1 N–H and O–H groups in total. The summed E-state index contributed by atoms with van der Waals surface area (Å²) in [6.07, 6.45) is 1.47. The van der Waals surface area contributed by atoms with Crippen molar-refractivity contribution in [2.24, 2.45) is 0 Å². The van der Waals surface area contributed by atoms with Crippen LogP contribution in [-0.2, 0) is 0 Å². The predicted octanol–water partition coefficient (Wildman–Crippen LogP) is 3.00. The highest BCUT2D eigenvalue weighted by atomic mass is 16.5. The summed E-state index contributed by atoms with van der Waals surface area (Å²) in [6, 6.07) is 14.1. The fraction of sp³-hybridized carbons (Fsp3) is 0. The predicted molar refractivity (Wildman–Crippen MR) is 72.4 cm³/mol. The van der Waals surface area contributed by atoms with E-state index in [1.807, 2.05) is 18.2 Å². The summed E-state index contributed by atoms with van der Waals surface area (Å²) in [6.45, 7) is 0. The molecule has 0 atom stereocenters. The number of aromatic hydroxyl groups is 1. The Morgan fingerprint density at radius 1 is 1.05 bits per heavy atom. The van der Waals surface area contributed by atoms with E-state index in [-0.39, 0.29) is 17.5 Å². The number of aromatic nitrogens is 2. The fourth-order valence-corrected chi connectivity index (χ4v) is 1.83. The normalized spacial score (nSPS) is 10.2. The molecule has 0 saturated carbocycles. The Morgan fingerprint density at radius 3 is 2.75 bits per heavy atom. The van der Waals surface area contributed by atoms with Crippen LogP contribution >= 0.6 is 0 Å². The molecular weight excluding hydrogens is 254 g/mol. The van der Waals surface area contributed by atoms with E-state index in [0.29, 0.717) is 5.75 Å². The number of phenolic OH excluding ortho intramolecular Hbond substituents is 1. The third kappa shape index (κ3) is 2.35. The largest absolute Gasteiger partial charge is 0.508 e. The van der Waals surface area contributed by atoms with Crippen molar-refractivity contribution in [3.63, 3.8) is 0 Å². The first-order valence-corrected chi connectivity index (χ1v) is 5.88. The summed E-state index contributed by atoms with van der Waals surface area (Å²) in [5.41, 5.74) is 0.244. The van der Waals surface area contributed by atoms with Gasteiger partial charge in [-0.25, -0.2) is 4.98 Å². The second kappa shape index (κ2) is 4.86. The molecule has 96 valence electrons. The number of ether oxygens (including phenoxy) is 1. The van der Waals surface area contributed by atoms with Crippen LogP contribution in [0.15, 0.2) is 48.7 Å². The Balaban J connectivity index is 1.96. The minimum Gasteiger partial charge on any atom is -0.508 e. The van der Waals surface area contributed by atoms with Crippen molar-refractivity contribution >= 4 is 10.8 Å². The zero-order valence-corrected chi connectivity index (χ0v) is 10.3. The zero-order valence-electron chi connectivity index (χ0n) is 10.3. The van der Waals surface area contributed by atoms with E-state index < -0.39 is 0 Å². The summed E-state index contributed by atoms with van der Waals surface area (Å²) in [5, 5.41) is 20.1. The minimum atomic E-state index is 0.114. The molecule has 3 rings (SSSR count). The van der Waals surface area contributed by atoms with Crippen LogP contribution in [0.1, 0.15) is 5.69 Å². The summed E-state index contributed by atoms with van der Waals surface area (Å²) in [4.78, 5) is 7.89. The van der Waals surface area contributed by atoms with Crippen LogP contribution in [0.4, 0.5) is 0 Å². The molecule has 0 spiro atoms. The average Bonchev–Trinajstić information content (AvgIpc) is 2.47. The fourth-order valence-electron chi connectivity index (χ4n) is 1.83. The number of phenols is 1. The number of rotatable bonds is 2. The number of hydrogen-bond donors (Lipinski definition) is 1. The summed E-state index contributed by atoms with van der Waals surface area (Å²) < 4.78 is 5.51. The summed E-state index contributed by atoms with van der Waals surface area (Å²) in [5.74, 6) is 0.732. The Hall–Kier alpha value is -3.13. The lowest BCUT2D eigenvalue weighted by molar-refractivity contribution is 0.442. The van der Waals surface area contributed by atoms with Gasteiger partial charge < -0.3 is 9.84 Å². The highest BCUT2D eigenvalue weighted by Gasteiger charge is 2.03. The van der Waals surface area contributed by atoms with E-state index in [0.717, 1.165) is 10.8 Å². The minimum absolute atomic E-state index is 0.114. The second-order valence-corrected chi connectivity index (χ2v) is 4.13. The van der Waals surface area contributed by atoms with Gasteiger partial charge in [-0.15, -0.1) is 0 Å². The van der Waals surface area contributed by atoms with Crippen molar-refractivity contribution in [2.75, 3.05) is 0 Å². The molecule has 0 saturated heterocycles. The number of benzene rings is 2. The highest BCUT2D eigenvalue weighted by Crippen LogP contribution is 2.26. The molecule has 5 nitrogen and oxygen atoms in total. The van der Waals surface area contributed by atoms with Gasteiger partial charge in [-0.1, -0.05) is 12.1 Å². The topological polar surface area (TPSA) is 79.0 Å². The third-order valence-electron chi connectivity index (χ3n) is 2.75. The number of hydrogen-bond acceptors (Lipinski definition) is 5. The zero-order chi connectivity index (χ0) is 13.9. The summed E-state index contributed by atoms with van der Waals surface area (Å²) >= 11 is 0. The van der Waals surface area contributed by atoms with E-state index in [1.54, 1.807) is 24.3 Å². The Morgan fingerprint density at radius 2 is 1.90 bits per heavy atom. The lowest BCUT2D eigenvalue weighted by Gasteiger charge is -2.05. The highest BCUT2D eigenvalue weighted by molar-refractivity contribution is 5.85. The molecule has 5 heteroatoms. The molecule has 0 bridgehead atoms. The van der Waals surface area contributed by atoms with Crippen LogP contribution in [0.25, 0.3) is 10.8 Å². The van der Waals surface area contributed by atoms with E-state index in [9.17, 15) is 5.11 Å². The van der Waals surface area contributed by atoms with Gasteiger partial charge in [-0.3, -0.25) is 0 Å². The van der Waals surface area contributed by atoms with Gasteiger partial charge in [0.1, 0.15) is 23.3 Å². The molecule has 1 aromatic heterocycles. The third-order valence-corrected chi connectivity index (χ3v) is 2.75. The second-order valence-electron chi connectivity index (χ2n) is 4.13. The Bertz CT molecular complexity index is 825. The SMILES string of the molecule is N#Cc1ccnc(Oc2ccc3ccc(O)cc3c2)n1. The van der Waals surface area contributed by atoms with Crippen molar-refractivity contribution in [1.82, 2.24) is 9.97 Å². The van der Waals surface area contributed by atoms with E-state index in [1.165, 1.54) is 12.3 Å². The maximum atomic E-state index is 9.48. The monoisotopic (exact) mass is 263 g/mol. The van der Waals surface area contributed by atoms with Crippen molar-refractivity contribution in [3.8, 4) is 23.6 Å². The molecule has 0 aliphatic heterocycles. The van der Waals surface area contributed by atoms with Crippen molar-refractivity contribution < 1.29 is 9.84 Å². The van der Waals surface area contributed by atoms with E-state index >= 15 is 0 Å². The maximum Gasteiger partial charge on any atom is 0.323 e. The molecule has 20 heavy (non-hydrogen) atoms. The first-order valence-electron chi connectivity index (χ1n) is 5.88.